The number of benzene rings is 1. The first-order chi connectivity index (χ1) is 18.3. The molecule has 1 aromatic carbocycles. The van der Waals surface area contributed by atoms with Crippen LogP contribution in [0.2, 0.25) is 0 Å². The Morgan fingerprint density at radius 1 is 1.13 bits per heavy atom. The summed E-state index contributed by atoms with van der Waals surface area (Å²) in [6.07, 6.45) is 0.485. The predicted molar refractivity (Wildman–Crippen MR) is 136 cm³/mol. The van der Waals surface area contributed by atoms with Crippen LogP contribution in [0.4, 0.5) is 29.3 Å². The molecule has 0 aliphatic carbocycles. The zero-order chi connectivity index (χ0) is 26.4. The molecule has 0 radical (unpaired) electrons. The summed E-state index contributed by atoms with van der Waals surface area (Å²) in [4.78, 5) is 32.2. The Morgan fingerprint density at radius 2 is 1.95 bits per heavy atom. The van der Waals surface area contributed by atoms with E-state index in [-0.39, 0.29) is 18.5 Å². The molecule has 5 heterocycles. The second kappa shape index (κ2) is 9.37. The zero-order valence-corrected chi connectivity index (χ0v) is 20.4. The average Bonchev–Trinajstić information content (AvgIpc) is 2.93. The Hall–Kier alpha value is -4.03. The van der Waals surface area contributed by atoms with E-state index >= 15 is 0 Å². The molecule has 12 heteroatoms. The molecule has 9 nitrogen and oxygen atoms in total. The minimum atomic E-state index is -4.55. The third-order valence-electron chi connectivity index (χ3n) is 6.77. The fraction of sp³-hybridized carbons (Fsp3) is 0.308. The first-order valence-electron chi connectivity index (χ1n) is 12.1. The number of aromatic nitrogens is 2. The van der Waals surface area contributed by atoms with E-state index in [1.54, 1.807) is 25.5 Å². The molecule has 0 spiro atoms. The van der Waals surface area contributed by atoms with Crippen molar-refractivity contribution in [2.75, 3.05) is 38.3 Å². The van der Waals surface area contributed by atoms with Gasteiger partial charge in [-0.15, -0.1) is 0 Å². The maximum absolute atomic E-state index is 13.5. The third kappa shape index (κ3) is 4.35. The van der Waals surface area contributed by atoms with Crippen molar-refractivity contribution in [1.29, 1.82) is 0 Å². The van der Waals surface area contributed by atoms with Crippen molar-refractivity contribution < 1.29 is 22.7 Å². The molecule has 2 aromatic heterocycles. The summed E-state index contributed by atoms with van der Waals surface area (Å²) in [7, 11) is 1.60. The van der Waals surface area contributed by atoms with Crippen LogP contribution in [0, 0.1) is 0 Å². The minimum Gasteiger partial charge on any atom is -0.379 e. The van der Waals surface area contributed by atoms with Crippen LogP contribution in [-0.2, 0) is 17.5 Å². The number of nitrogens with zero attached hydrogens (tertiary/aromatic N) is 6. The lowest BCUT2D eigenvalue weighted by molar-refractivity contribution is -0.137. The summed E-state index contributed by atoms with van der Waals surface area (Å²) >= 11 is 0. The molecule has 1 atom stereocenters. The van der Waals surface area contributed by atoms with Crippen LogP contribution in [0.5, 0.6) is 0 Å². The summed E-state index contributed by atoms with van der Waals surface area (Å²) in [5.74, 6) is 0. The van der Waals surface area contributed by atoms with Gasteiger partial charge in [-0.3, -0.25) is 19.8 Å². The highest BCUT2D eigenvalue weighted by Gasteiger charge is 2.35. The van der Waals surface area contributed by atoms with Crippen LogP contribution < -0.4 is 10.2 Å². The Bertz CT molecular complexity index is 1470. The summed E-state index contributed by atoms with van der Waals surface area (Å²) in [5, 5.41) is 3.29. The molecule has 3 aromatic rings. The second-order valence-corrected chi connectivity index (χ2v) is 9.28. The van der Waals surface area contributed by atoms with E-state index in [1.807, 2.05) is 12.3 Å². The number of alkyl halides is 3. The molecule has 3 aliphatic rings. The van der Waals surface area contributed by atoms with Gasteiger partial charge < -0.3 is 15.0 Å². The highest BCUT2D eigenvalue weighted by atomic mass is 19.4. The van der Waals surface area contributed by atoms with Crippen molar-refractivity contribution in [3.8, 4) is 0 Å². The molecule has 6 rings (SSSR count). The molecule has 2 amide bonds. The number of rotatable bonds is 3. The van der Waals surface area contributed by atoms with Gasteiger partial charge in [0, 0.05) is 49.9 Å². The summed E-state index contributed by atoms with van der Waals surface area (Å²) in [6, 6.07) is 7.87. The maximum atomic E-state index is 13.5. The zero-order valence-electron chi connectivity index (χ0n) is 20.4. The van der Waals surface area contributed by atoms with E-state index in [2.05, 4.69) is 20.2 Å². The van der Waals surface area contributed by atoms with Gasteiger partial charge in [0.1, 0.15) is 5.52 Å². The van der Waals surface area contributed by atoms with Gasteiger partial charge in [-0.2, -0.15) is 13.2 Å². The van der Waals surface area contributed by atoms with E-state index in [1.165, 1.54) is 21.9 Å². The Labute approximate surface area is 216 Å². The van der Waals surface area contributed by atoms with E-state index in [4.69, 9.17) is 9.72 Å². The number of aliphatic imine (C=N–C) groups is 1. The number of anilines is 2. The molecule has 1 unspecified atom stereocenters. The number of hydrogen-bond donors (Lipinski definition) is 1. The molecule has 0 bridgehead atoms. The smallest absolute Gasteiger partial charge is 0.379 e. The Morgan fingerprint density at radius 3 is 2.68 bits per heavy atom. The largest absolute Gasteiger partial charge is 0.416 e. The van der Waals surface area contributed by atoms with E-state index in [0.717, 1.165) is 30.8 Å². The minimum absolute atomic E-state index is 0.103. The number of halogens is 3. The lowest BCUT2D eigenvalue weighted by Gasteiger charge is -2.35. The van der Waals surface area contributed by atoms with E-state index in [0.29, 0.717) is 41.2 Å². The Kier molecular flexibility index (Phi) is 6.00. The highest BCUT2D eigenvalue weighted by Crippen LogP contribution is 2.40. The number of allylic oxidation sites excluding steroid dienone is 1. The third-order valence-corrected chi connectivity index (χ3v) is 6.77. The van der Waals surface area contributed by atoms with Gasteiger partial charge in [-0.25, -0.2) is 9.78 Å². The number of carbonyl (C=O) groups is 1. The van der Waals surface area contributed by atoms with Gasteiger partial charge in [0.15, 0.2) is 6.29 Å². The van der Waals surface area contributed by atoms with Crippen molar-refractivity contribution in [2.24, 2.45) is 4.99 Å². The van der Waals surface area contributed by atoms with Gasteiger partial charge in [0.2, 0.25) is 0 Å². The monoisotopic (exact) mass is 523 g/mol. The number of fused-ring (bicyclic) bond motifs is 3. The fourth-order valence-corrected chi connectivity index (χ4v) is 4.82. The molecule has 1 fully saturated rings. The van der Waals surface area contributed by atoms with Crippen LogP contribution in [0.25, 0.3) is 16.6 Å². The predicted octanol–water partition coefficient (Wildman–Crippen LogP) is 3.98. The number of morpholine rings is 1. The number of pyridine rings is 2. The lowest BCUT2D eigenvalue weighted by atomic mass is 10.1. The van der Waals surface area contributed by atoms with E-state index < -0.39 is 17.8 Å². The van der Waals surface area contributed by atoms with Crippen molar-refractivity contribution in [1.82, 2.24) is 25.1 Å². The van der Waals surface area contributed by atoms with Crippen LogP contribution in [0.15, 0.2) is 53.8 Å². The number of amides is 2. The van der Waals surface area contributed by atoms with Crippen molar-refractivity contribution >= 4 is 40.2 Å². The molecule has 38 heavy (non-hydrogen) atoms. The number of urea groups is 1. The van der Waals surface area contributed by atoms with Gasteiger partial charge in [-0.1, -0.05) is 6.07 Å². The fourth-order valence-electron chi connectivity index (χ4n) is 4.82. The normalized spacial score (nSPS) is 20.4. The molecule has 1 N–H and O–H groups in total. The SMILES string of the molecule is CN1Cc2cnc3ccc(C4=CNC(N5CCOCC5)N=C4)nc3c2N(c2cccc(C(F)(F)F)c2)C1=O. The number of ether oxygens (including phenoxy) is 1. The van der Waals surface area contributed by atoms with Crippen molar-refractivity contribution in [3.63, 3.8) is 0 Å². The standard InChI is InChI=1S/C26H24F3N7O2/c1-34-15-17-14-30-21-6-5-20(16-12-31-24(32-13-16)35-7-9-38-10-8-35)33-22(21)23(17)36(25(34)37)19-4-2-3-18(11-19)26(27,28)29/h2-6,11-14,24,31H,7-10,15H2,1H3. The topological polar surface area (TPSA) is 86.2 Å². The lowest BCUT2D eigenvalue weighted by Crippen LogP contribution is -2.49. The molecule has 0 saturated carbocycles. The second-order valence-electron chi connectivity index (χ2n) is 9.28. The number of hydrogen-bond acceptors (Lipinski definition) is 7. The summed E-state index contributed by atoms with van der Waals surface area (Å²) < 4.78 is 45.9. The first kappa shape index (κ1) is 24.3. The maximum Gasteiger partial charge on any atom is 0.416 e. The van der Waals surface area contributed by atoms with Crippen molar-refractivity contribution in [2.45, 2.75) is 19.0 Å². The van der Waals surface area contributed by atoms with Crippen LogP contribution >= 0.6 is 0 Å². The molecular weight excluding hydrogens is 499 g/mol. The van der Waals surface area contributed by atoms with E-state index in [9.17, 15) is 18.0 Å². The van der Waals surface area contributed by atoms with Gasteiger partial charge in [0.05, 0.1) is 47.9 Å². The van der Waals surface area contributed by atoms with Crippen LogP contribution in [0.3, 0.4) is 0 Å². The number of carbonyl (C=O) groups excluding carboxylic acids is 1. The molecular formula is C26H24F3N7O2. The highest BCUT2D eigenvalue weighted by molar-refractivity contribution is 6.11. The molecule has 196 valence electrons. The van der Waals surface area contributed by atoms with Crippen LogP contribution in [-0.4, -0.2) is 71.7 Å². The molecule has 1 saturated heterocycles. The van der Waals surface area contributed by atoms with Gasteiger partial charge in [0.25, 0.3) is 0 Å². The summed E-state index contributed by atoms with van der Waals surface area (Å²) in [5.41, 5.74) is 2.64. The van der Waals surface area contributed by atoms with Gasteiger partial charge >= 0.3 is 12.2 Å². The first-order valence-corrected chi connectivity index (χ1v) is 12.1. The van der Waals surface area contributed by atoms with Gasteiger partial charge in [-0.05, 0) is 30.3 Å². The summed E-state index contributed by atoms with van der Waals surface area (Å²) in [6.45, 7) is 3.12. The quantitative estimate of drug-likeness (QED) is 0.559. The number of nitrogens with one attached hydrogen (secondary N) is 1. The van der Waals surface area contributed by atoms with Crippen LogP contribution in [0.1, 0.15) is 16.8 Å². The molecule has 3 aliphatic heterocycles. The average molecular weight is 524 g/mol. The van der Waals surface area contributed by atoms with Crippen molar-refractivity contribution in [3.05, 3.63) is 65.6 Å². The Balaban J connectivity index is 1.41.